The fraction of sp³-hybridized carbons (Fsp3) is 1.00. The van der Waals surface area contributed by atoms with E-state index in [-0.39, 0.29) is 19.4 Å². The van der Waals surface area contributed by atoms with Crippen LogP contribution in [0.2, 0.25) is 0 Å². The van der Waals surface area contributed by atoms with Crippen molar-refractivity contribution in [3.63, 3.8) is 0 Å². The standard InChI is InChI=1S/C8H17O4S/c1-8(2,3)7(5-4-6-9)13(10,11)12/h7H,4-6H2,1-3H3,(H,10,11,12). The van der Waals surface area contributed by atoms with Gasteiger partial charge in [-0.15, -0.1) is 0 Å². The maximum Gasteiger partial charge on any atom is 0.268 e. The highest BCUT2D eigenvalue weighted by Crippen LogP contribution is 2.28. The number of rotatable bonds is 4. The largest absolute Gasteiger partial charge is 0.285 e. The Morgan fingerprint density at radius 2 is 1.77 bits per heavy atom. The summed E-state index contributed by atoms with van der Waals surface area (Å²) < 4.78 is 30.8. The maximum absolute atomic E-state index is 10.9. The Balaban J connectivity index is 4.59. The van der Waals surface area contributed by atoms with Crippen LogP contribution in [0.3, 0.4) is 0 Å². The van der Waals surface area contributed by atoms with Gasteiger partial charge in [-0.25, -0.2) is 5.11 Å². The van der Waals surface area contributed by atoms with Crippen LogP contribution in [-0.4, -0.2) is 24.8 Å². The Hall–Kier alpha value is -0.130. The molecule has 0 aliphatic rings. The third-order valence-corrected chi connectivity index (χ3v) is 3.60. The molecule has 0 rings (SSSR count). The molecule has 1 atom stereocenters. The lowest BCUT2D eigenvalue weighted by Gasteiger charge is -2.27. The second-order valence-electron chi connectivity index (χ2n) is 4.22. The third kappa shape index (κ3) is 4.59. The van der Waals surface area contributed by atoms with Crippen molar-refractivity contribution in [1.29, 1.82) is 0 Å². The summed E-state index contributed by atoms with van der Waals surface area (Å²) in [4.78, 5) is 0. The van der Waals surface area contributed by atoms with Crippen molar-refractivity contribution in [3.05, 3.63) is 0 Å². The van der Waals surface area contributed by atoms with Crippen LogP contribution in [-0.2, 0) is 15.2 Å². The fourth-order valence-corrected chi connectivity index (χ4v) is 2.66. The van der Waals surface area contributed by atoms with Gasteiger partial charge in [0, 0.05) is 0 Å². The number of hydrogen-bond acceptors (Lipinski definition) is 2. The Kier molecular flexibility index (Phi) is 4.35. The molecule has 0 fully saturated rings. The van der Waals surface area contributed by atoms with E-state index in [0.717, 1.165) is 0 Å². The van der Waals surface area contributed by atoms with E-state index in [0.29, 0.717) is 0 Å². The quantitative estimate of drug-likeness (QED) is 0.713. The molecule has 0 saturated heterocycles. The molecule has 0 aliphatic carbocycles. The maximum atomic E-state index is 10.9. The molecule has 0 spiro atoms. The first-order valence-electron chi connectivity index (χ1n) is 4.24. The molecule has 0 aromatic carbocycles. The minimum Gasteiger partial charge on any atom is -0.285 e. The second-order valence-corrected chi connectivity index (χ2v) is 5.81. The lowest BCUT2D eigenvalue weighted by Crippen LogP contribution is -2.34. The third-order valence-electron chi connectivity index (χ3n) is 1.94. The van der Waals surface area contributed by atoms with Crippen LogP contribution in [0.5, 0.6) is 0 Å². The Bertz CT molecular complexity index is 237. The van der Waals surface area contributed by atoms with Gasteiger partial charge >= 0.3 is 0 Å². The summed E-state index contributed by atoms with van der Waals surface area (Å²) in [5.74, 6) is 0. The van der Waals surface area contributed by atoms with Crippen LogP contribution in [0.15, 0.2) is 0 Å². The van der Waals surface area contributed by atoms with Gasteiger partial charge in [-0.3, -0.25) is 4.55 Å². The van der Waals surface area contributed by atoms with Crippen molar-refractivity contribution in [3.8, 4) is 0 Å². The van der Waals surface area contributed by atoms with E-state index in [2.05, 4.69) is 0 Å². The molecule has 5 heteroatoms. The summed E-state index contributed by atoms with van der Waals surface area (Å²) in [7, 11) is -4.03. The molecule has 0 aromatic heterocycles. The smallest absolute Gasteiger partial charge is 0.268 e. The molecule has 1 radical (unpaired) electrons. The Morgan fingerprint density at radius 3 is 2.00 bits per heavy atom. The molecular weight excluding hydrogens is 192 g/mol. The summed E-state index contributed by atoms with van der Waals surface area (Å²) >= 11 is 0. The first kappa shape index (κ1) is 12.9. The highest BCUT2D eigenvalue weighted by molar-refractivity contribution is 7.86. The second kappa shape index (κ2) is 4.39. The van der Waals surface area contributed by atoms with E-state index in [1.165, 1.54) is 0 Å². The van der Waals surface area contributed by atoms with Crippen molar-refractivity contribution >= 4 is 10.1 Å². The minimum absolute atomic E-state index is 0.228. The Morgan fingerprint density at radius 1 is 1.31 bits per heavy atom. The van der Waals surface area contributed by atoms with E-state index in [4.69, 9.17) is 4.55 Å². The SMILES string of the molecule is CC(C)(C)C(CCC[O])S(=O)(=O)O. The van der Waals surface area contributed by atoms with Crippen LogP contribution in [0.1, 0.15) is 33.6 Å². The van der Waals surface area contributed by atoms with E-state index in [1.807, 2.05) is 0 Å². The average molecular weight is 209 g/mol. The van der Waals surface area contributed by atoms with Crippen LogP contribution in [0, 0.1) is 5.41 Å². The summed E-state index contributed by atoms with van der Waals surface area (Å²) in [5, 5.41) is 9.37. The van der Waals surface area contributed by atoms with Crippen molar-refractivity contribution in [2.24, 2.45) is 5.41 Å². The molecule has 0 amide bonds. The van der Waals surface area contributed by atoms with Gasteiger partial charge in [-0.2, -0.15) is 8.42 Å². The van der Waals surface area contributed by atoms with Gasteiger partial charge in [0.1, 0.15) is 0 Å². The highest BCUT2D eigenvalue weighted by atomic mass is 32.2. The van der Waals surface area contributed by atoms with Crippen LogP contribution < -0.4 is 0 Å². The monoisotopic (exact) mass is 209 g/mol. The van der Waals surface area contributed by atoms with Gasteiger partial charge in [0.2, 0.25) is 0 Å². The van der Waals surface area contributed by atoms with Crippen LogP contribution >= 0.6 is 0 Å². The fourth-order valence-electron chi connectivity index (χ4n) is 1.30. The van der Waals surface area contributed by atoms with Gasteiger partial charge in [0.15, 0.2) is 0 Å². The summed E-state index contributed by atoms with van der Waals surface area (Å²) in [6, 6.07) is 0. The van der Waals surface area contributed by atoms with Crippen LogP contribution in [0.25, 0.3) is 0 Å². The molecule has 79 valence electrons. The predicted octanol–water partition coefficient (Wildman–Crippen LogP) is 1.50. The predicted molar refractivity (Wildman–Crippen MR) is 49.6 cm³/mol. The molecular formula is C8H17O4S. The van der Waals surface area contributed by atoms with Gasteiger partial charge in [0.25, 0.3) is 10.1 Å². The zero-order valence-electron chi connectivity index (χ0n) is 8.28. The van der Waals surface area contributed by atoms with E-state index in [1.54, 1.807) is 20.8 Å². The average Bonchev–Trinajstić information content (AvgIpc) is 1.81. The lowest BCUT2D eigenvalue weighted by atomic mass is 9.89. The molecule has 1 unspecified atom stereocenters. The van der Waals surface area contributed by atoms with Crippen molar-refractivity contribution in [1.82, 2.24) is 0 Å². The molecule has 0 bridgehead atoms. The van der Waals surface area contributed by atoms with Gasteiger partial charge < -0.3 is 0 Å². The normalized spacial score (nSPS) is 15.8. The highest BCUT2D eigenvalue weighted by Gasteiger charge is 2.34. The first-order valence-corrected chi connectivity index (χ1v) is 5.74. The van der Waals surface area contributed by atoms with E-state index in [9.17, 15) is 13.5 Å². The first-order chi connectivity index (χ1) is 5.69. The van der Waals surface area contributed by atoms with Crippen LogP contribution in [0.4, 0.5) is 0 Å². The van der Waals surface area contributed by atoms with Crippen molar-refractivity contribution in [2.75, 3.05) is 6.61 Å². The van der Waals surface area contributed by atoms with Gasteiger partial charge in [-0.1, -0.05) is 20.8 Å². The Labute approximate surface area is 79.7 Å². The molecule has 0 saturated carbocycles. The lowest BCUT2D eigenvalue weighted by molar-refractivity contribution is 0.181. The van der Waals surface area contributed by atoms with Gasteiger partial charge in [0.05, 0.1) is 11.9 Å². The zero-order valence-corrected chi connectivity index (χ0v) is 9.10. The van der Waals surface area contributed by atoms with Crippen molar-refractivity contribution in [2.45, 2.75) is 38.9 Å². The summed E-state index contributed by atoms with van der Waals surface area (Å²) in [5.41, 5.74) is -0.525. The topological polar surface area (TPSA) is 74.3 Å². The van der Waals surface area contributed by atoms with E-state index >= 15 is 0 Å². The molecule has 13 heavy (non-hydrogen) atoms. The van der Waals surface area contributed by atoms with Crippen molar-refractivity contribution < 1.29 is 18.1 Å². The summed E-state index contributed by atoms with van der Waals surface area (Å²) in [6.45, 7) is 4.89. The van der Waals surface area contributed by atoms with Gasteiger partial charge in [-0.05, 0) is 18.3 Å². The molecule has 1 N–H and O–H groups in total. The molecule has 4 nitrogen and oxygen atoms in total. The molecule has 0 aromatic rings. The minimum atomic E-state index is -4.03. The summed E-state index contributed by atoms with van der Waals surface area (Å²) in [6.07, 6.45) is 0.508. The molecule has 0 heterocycles. The van der Waals surface area contributed by atoms with E-state index < -0.39 is 20.8 Å². The zero-order chi connectivity index (χ0) is 10.7. The number of hydrogen-bond donors (Lipinski definition) is 1. The molecule has 0 aliphatic heterocycles.